The van der Waals surface area contributed by atoms with Gasteiger partial charge in [-0.25, -0.2) is 4.39 Å². The maximum atomic E-state index is 13.5. The van der Waals surface area contributed by atoms with E-state index in [0.29, 0.717) is 24.2 Å². The second kappa shape index (κ2) is 5.30. The molecule has 1 aromatic rings. The Bertz CT molecular complexity index is 340. The molecule has 1 aliphatic rings. The molecule has 0 aromatic heterocycles. The van der Waals surface area contributed by atoms with Gasteiger partial charge in [0.2, 0.25) is 0 Å². The van der Waals surface area contributed by atoms with Crippen molar-refractivity contribution in [2.24, 2.45) is 11.7 Å². The van der Waals surface area contributed by atoms with Crippen molar-refractivity contribution in [3.63, 3.8) is 0 Å². The third-order valence-corrected chi connectivity index (χ3v) is 3.43. The van der Waals surface area contributed by atoms with Gasteiger partial charge in [0.1, 0.15) is 5.82 Å². The third-order valence-electron chi connectivity index (χ3n) is 3.43. The van der Waals surface area contributed by atoms with E-state index in [1.165, 1.54) is 18.9 Å². The normalized spacial score (nSPS) is 25.4. The quantitative estimate of drug-likeness (QED) is 0.825. The van der Waals surface area contributed by atoms with Gasteiger partial charge in [-0.15, -0.1) is 0 Å². The van der Waals surface area contributed by atoms with Gasteiger partial charge in [-0.1, -0.05) is 25.0 Å². The van der Waals surface area contributed by atoms with Gasteiger partial charge in [0.25, 0.3) is 0 Å². The van der Waals surface area contributed by atoms with E-state index in [2.05, 4.69) is 5.32 Å². The van der Waals surface area contributed by atoms with Crippen molar-refractivity contribution >= 4 is 5.69 Å². The summed E-state index contributed by atoms with van der Waals surface area (Å²) in [5.74, 6) is 0.303. The van der Waals surface area contributed by atoms with Crippen molar-refractivity contribution in [1.29, 1.82) is 0 Å². The van der Waals surface area contributed by atoms with Crippen molar-refractivity contribution in [3.8, 4) is 0 Å². The van der Waals surface area contributed by atoms with Crippen LogP contribution >= 0.6 is 0 Å². The lowest BCUT2D eigenvalue weighted by atomic mass is 9.84. The minimum Gasteiger partial charge on any atom is -0.380 e. The predicted molar refractivity (Wildman–Crippen MR) is 64.8 cm³/mol. The molecular formula is C13H19FN2. The first kappa shape index (κ1) is 11.4. The Labute approximate surface area is 96.0 Å². The number of nitrogens with two attached hydrogens (primary N) is 1. The molecule has 1 fully saturated rings. The number of anilines is 1. The largest absolute Gasteiger partial charge is 0.380 e. The molecule has 1 saturated carbocycles. The zero-order chi connectivity index (χ0) is 11.4. The lowest BCUT2D eigenvalue weighted by Crippen LogP contribution is -2.36. The average molecular weight is 222 g/mol. The highest BCUT2D eigenvalue weighted by Crippen LogP contribution is 2.27. The van der Waals surface area contributed by atoms with Crippen LogP contribution in [0, 0.1) is 11.7 Å². The molecule has 0 heterocycles. The smallest absolute Gasteiger partial charge is 0.146 e. The van der Waals surface area contributed by atoms with Gasteiger partial charge in [-0.2, -0.15) is 0 Å². The second-order valence-electron chi connectivity index (χ2n) is 4.51. The first-order valence-electron chi connectivity index (χ1n) is 6.02. The summed E-state index contributed by atoms with van der Waals surface area (Å²) in [6, 6.07) is 7.17. The summed E-state index contributed by atoms with van der Waals surface area (Å²) in [5, 5.41) is 3.30. The van der Waals surface area contributed by atoms with Crippen LogP contribution in [-0.2, 0) is 0 Å². The minimum absolute atomic E-state index is 0.177. The monoisotopic (exact) mass is 222 g/mol. The Morgan fingerprint density at radius 3 is 2.75 bits per heavy atom. The summed E-state index contributed by atoms with van der Waals surface area (Å²) >= 11 is 0. The van der Waals surface area contributed by atoms with Crippen molar-refractivity contribution < 1.29 is 4.39 Å². The van der Waals surface area contributed by atoms with Crippen LogP contribution in [0.25, 0.3) is 0 Å². The van der Waals surface area contributed by atoms with Crippen molar-refractivity contribution in [2.45, 2.75) is 31.7 Å². The molecule has 1 aliphatic carbocycles. The van der Waals surface area contributed by atoms with Crippen molar-refractivity contribution in [3.05, 3.63) is 30.1 Å². The number of rotatable bonds is 3. The fourth-order valence-corrected chi connectivity index (χ4v) is 2.46. The van der Waals surface area contributed by atoms with E-state index in [0.717, 1.165) is 12.8 Å². The Balaban J connectivity index is 2.05. The van der Waals surface area contributed by atoms with Crippen LogP contribution in [0.5, 0.6) is 0 Å². The van der Waals surface area contributed by atoms with E-state index in [4.69, 9.17) is 5.73 Å². The maximum Gasteiger partial charge on any atom is 0.146 e. The number of halogens is 1. The van der Waals surface area contributed by atoms with Crippen molar-refractivity contribution in [1.82, 2.24) is 0 Å². The van der Waals surface area contributed by atoms with Gasteiger partial charge in [-0.05, 0) is 37.4 Å². The molecule has 2 rings (SSSR count). The summed E-state index contributed by atoms with van der Waals surface area (Å²) < 4.78 is 13.5. The molecule has 0 radical (unpaired) electrons. The standard InChI is InChI=1S/C13H19FN2/c14-11-6-2-4-8-13(11)16-12-7-3-1-5-10(12)9-15/h2,4,6,8,10,12,16H,1,3,5,7,9,15H2. The van der Waals surface area contributed by atoms with Crippen LogP contribution < -0.4 is 11.1 Å². The number of hydrogen-bond donors (Lipinski definition) is 2. The van der Waals surface area contributed by atoms with Gasteiger partial charge < -0.3 is 11.1 Å². The van der Waals surface area contributed by atoms with Crippen LogP contribution in [0.15, 0.2) is 24.3 Å². The molecule has 2 nitrogen and oxygen atoms in total. The molecule has 3 N–H and O–H groups in total. The van der Waals surface area contributed by atoms with E-state index in [1.807, 2.05) is 6.07 Å². The van der Waals surface area contributed by atoms with E-state index in [-0.39, 0.29) is 5.82 Å². The van der Waals surface area contributed by atoms with E-state index in [1.54, 1.807) is 12.1 Å². The molecule has 0 spiro atoms. The number of para-hydroxylation sites is 1. The summed E-state index contributed by atoms with van der Waals surface area (Å²) in [4.78, 5) is 0. The molecule has 0 bridgehead atoms. The highest BCUT2D eigenvalue weighted by molar-refractivity contribution is 5.45. The molecule has 16 heavy (non-hydrogen) atoms. The Kier molecular flexibility index (Phi) is 3.78. The molecule has 3 heteroatoms. The lowest BCUT2D eigenvalue weighted by Gasteiger charge is -2.32. The SMILES string of the molecule is NCC1CCCCC1Nc1ccccc1F. The topological polar surface area (TPSA) is 38.0 Å². The Morgan fingerprint density at radius 2 is 2.00 bits per heavy atom. The van der Waals surface area contributed by atoms with Crippen LogP contribution in [-0.4, -0.2) is 12.6 Å². The average Bonchev–Trinajstić information content (AvgIpc) is 2.33. The second-order valence-corrected chi connectivity index (χ2v) is 4.51. The van der Waals surface area contributed by atoms with Crippen molar-refractivity contribution in [2.75, 3.05) is 11.9 Å². The van der Waals surface area contributed by atoms with Gasteiger partial charge in [0.15, 0.2) is 0 Å². The molecule has 2 unspecified atom stereocenters. The number of hydrogen-bond acceptors (Lipinski definition) is 2. The Morgan fingerprint density at radius 1 is 1.25 bits per heavy atom. The fourth-order valence-electron chi connectivity index (χ4n) is 2.46. The zero-order valence-electron chi connectivity index (χ0n) is 9.45. The van der Waals surface area contributed by atoms with Gasteiger partial charge in [-0.3, -0.25) is 0 Å². The molecule has 0 amide bonds. The maximum absolute atomic E-state index is 13.5. The van der Waals surface area contributed by atoms with E-state index < -0.39 is 0 Å². The fraction of sp³-hybridized carbons (Fsp3) is 0.538. The summed E-state index contributed by atoms with van der Waals surface area (Å²) in [7, 11) is 0. The van der Waals surface area contributed by atoms with E-state index >= 15 is 0 Å². The first-order valence-corrected chi connectivity index (χ1v) is 6.02. The Hall–Kier alpha value is -1.09. The highest BCUT2D eigenvalue weighted by atomic mass is 19.1. The molecular weight excluding hydrogens is 203 g/mol. The summed E-state index contributed by atoms with van der Waals surface area (Å²) in [6.07, 6.45) is 4.71. The summed E-state index contributed by atoms with van der Waals surface area (Å²) in [5.41, 5.74) is 6.36. The van der Waals surface area contributed by atoms with Crippen LogP contribution in [0.2, 0.25) is 0 Å². The van der Waals surface area contributed by atoms with Crippen LogP contribution in [0.1, 0.15) is 25.7 Å². The van der Waals surface area contributed by atoms with Gasteiger partial charge in [0, 0.05) is 6.04 Å². The zero-order valence-corrected chi connectivity index (χ0v) is 9.45. The molecule has 0 aliphatic heterocycles. The minimum atomic E-state index is -0.177. The van der Waals surface area contributed by atoms with Gasteiger partial charge in [0.05, 0.1) is 5.69 Å². The predicted octanol–water partition coefficient (Wildman–Crippen LogP) is 2.76. The molecule has 1 aromatic carbocycles. The summed E-state index contributed by atoms with van der Waals surface area (Å²) in [6.45, 7) is 0.687. The third kappa shape index (κ3) is 2.53. The number of benzene rings is 1. The van der Waals surface area contributed by atoms with Crippen LogP contribution in [0.3, 0.4) is 0 Å². The molecule has 88 valence electrons. The molecule has 0 saturated heterocycles. The highest BCUT2D eigenvalue weighted by Gasteiger charge is 2.24. The number of nitrogens with one attached hydrogen (secondary N) is 1. The lowest BCUT2D eigenvalue weighted by molar-refractivity contribution is 0.332. The first-order chi connectivity index (χ1) is 7.81. The van der Waals surface area contributed by atoms with Gasteiger partial charge >= 0.3 is 0 Å². The van der Waals surface area contributed by atoms with Crippen LogP contribution in [0.4, 0.5) is 10.1 Å². The van der Waals surface area contributed by atoms with E-state index in [9.17, 15) is 4.39 Å². The molecule has 2 atom stereocenters.